The molecule has 2 aromatic rings. The van der Waals surface area contributed by atoms with Crippen LogP contribution in [0.3, 0.4) is 0 Å². The van der Waals surface area contributed by atoms with Crippen LogP contribution in [-0.2, 0) is 11.3 Å². The van der Waals surface area contributed by atoms with Crippen molar-refractivity contribution in [2.45, 2.75) is 45.3 Å². The summed E-state index contributed by atoms with van der Waals surface area (Å²) in [7, 11) is 3.22. The predicted molar refractivity (Wildman–Crippen MR) is 107 cm³/mol. The highest BCUT2D eigenvalue weighted by atomic mass is 32.1. The molecule has 0 radical (unpaired) electrons. The molecule has 4 nitrogen and oxygen atoms in total. The number of methoxy groups -OCH3 is 1. The SMILES string of the molecule is COc1ccc(CN(C)C(=O)C(C)N2CCCC2c2ccc(C)s2)cc1F. The lowest BCUT2D eigenvalue weighted by molar-refractivity contribution is -0.136. The summed E-state index contributed by atoms with van der Waals surface area (Å²) in [6.45, 7) is 5.40. The first-order valence-corrected chi connectivity index (χ1v) is 10.1. The van der Waals surface area contributed by atoms with Gasteiger partial charge in [-0.05, 0) is 63.1 Å². The van der Waals surface area contributed by atoms with E-state index in [0.29, 0.717) is 12.6 Å². The smallest absolute Gasteiger partial charge is 0.239 e. The Morgan fingerprint density at radius 3 is 2.81 bits per heavy atom. The van der Waals surface area contributed by atoms with Crippen molar-refractivity contribution in [3.8, 4) is 5.75 Å². The largest absolute Gasteiger partial charge is 0.494 e. The van der Waals surface area contributed by atoms with Crippen molar-refractivity contribution in [3.05, 3.63) is 51.5 Å². The van der Waals surface area contributed by atoms with E-state index in [1.54, 1.807) is 24.1 Å². The van der Waals surface area contributed by atoms with E-state index in [4.69, 9.17) is 4.74 Å². The van der Waals surface area contributed by atoms with Gasteiger partial charge in [0.1, 0.15) is 0 Å². The molecule has 1 aromatic heterocycles. The number of nitrogens with zero attached hydrogens (tertiary/aromatic N) is 2. The summed E-state index contributed by atoms with van der Waals surface area (Å²) in [4.78, 5) is 19.6. The third kappa shape index (κ3) is 4.33. The quantitative estimate of drug-likeness (QED) is 0.733. The van der Waals surface area contributed by atoms with Crippen LogP contribution < -0.4 is 4.74 Å². The summed E-state index contributed by atoms with van der Waals surface area (Å²) in [5.41, 5.74) is 0.753. The van der Waals surface area contributed by atoms with Crippen LogP contribution in [-0.4, -0.2) is 42.5 Å². The Labute approximate surface area is 164 Å². The number of amides is 1. The van der Waals surface area contributed by atoms with Crippen molar-refractivity contribution in [2.24, 2.45) is 0 Å². The van der Waals surface area contributed by atoms with Gasteiger partial charge >= 0.3 is 0 Å². The lowest BCUT2D eigenvalue weighted by Gasteiger charge is -2.32. The number of thiophene rings is 1. The van der Waals surface area contributed by atoms with E-state index in [1.165, 1.54) is 22.9 Å². The van der Waals surface area contributed by atoms with Crippen LogP contribution in [0.4, 0.5) is 4.39 Å². The Kier molecular flexibility index (Phi) is 6.17. The highest BCUT2D eigenvalue weighted by Crippen LogP contribution is 2.37. The molecule has 1 aromatic carbocycles. The monoisotopic (exact) mass is 390 g/mol. The van der Waals surface area contributed by atoms with Gasteiger partial charge in [-0.25, -0.2) is 4.39 Å². The zero-order valence-electron chi connectivity index (χ0n) is 16.4. The molecular weight excluding hydrogens is 363 g/mol. The Hall–Kier alpha value is -1.92. The molecule has 6 heteroatoms. The number of likely N-dealkylation sites (tertiary alicyclic amines) is 1. The molecule has 2 atom stereocenters. The van der Waals surface area contributed by atoms with E-state index in [0.717, 1.165) is 24.9 Å². The summed E-state index contributed by atoms with van der Waals surface area (Å²) >= 11 is 1.81. The van der Waals surface area contributed by atoms with Gasteiger partial charge in [-0.2, -0.15) is 0 Å². The second-order valence-electron chi connectivity index (χ2n) is 7.18. The number of carbonyl (C=O) groups excluding carboxylic acids is 1. The Bertz CT molecular complexity index is 807. The highest BCUT2D eigenvalue weighted by Gasteiger charge is 2.34. The summed E-state index contributed by atoms with van der Waals surface area (Å²) < 4.78 is 18.9. The number of aryl methyl sites for hydroxylation is 1. The second-order valence-corrected chi connectivity index (χ2v) is 8.50. The molecule has 27 heavy (non-hydrogen) atoms. The van der Waals surface area contributed by atoms with Crippen molar-refractivity contribution >= 4 is 17.2 Å². The van der Waals surface area contributed by atoms with Gasteiger partial charge in [0.15, 0.2) is 11.6 Å². The molecule has 0 bridgehead atoms. The molecule has 1 saturated heterocycles. The molecule has 2 unspecified atom stereocenters. The van der Waals surface area contributed by atoms with Gasteiger partial charge in [0, 0.05) is 29.4 Å². The molecule has 1 amide bonds. The number of halogens is 1. The maximum absolute atomic E-state index is 13.9. The predicted octanol–water partition coefficient (Wildman–Crippen LogP) is 4.39. The zero-order valence-corrected chi connectivity index (χ0v) is 17.2. The van der Waals surface area contributed by atoms with Crippen LogP contribution in [0.2, 0.25) is 0 Å². The van der Waals surface area contributed by atoms with Gasteiger partial charge in [-0.3, -0.25) is 9.69 Å². The van der Waals surface area contributed by atoms with E-state index < -0.39 is 5.82 Å². The normalized spacial score (nSPS) is 18.5. The molecule has 1 aliphatic rings. The molecule has 1 fully saturated rings. The third-order valence-corrected chi connectivity index (χ3v) is 6.35. The number of hydrogen-bond acceptors (Lipinski definition) is 4. The summed E-state index contributed by atoms with van der Waals surface area (Å²) in [5, 5.41) is 0. The molecule has 146 valence electrons. The van der Waals surface area contributed by atoms with E-state index in [9.17, 15) is 9.18 Å². The lowest BCUT2D eigenvalue weighted by atomic mass is 10.1. The molecule has 2 heterocycles. The average Bonchev–Trinajstić information content (AvgIpc) is 3.29. The molecule has 0 spiro atoms. The van der Waals surface area contributed by atoms with E-state index in [2.05, 4.69) is 24.0 Å². The molecule has 3 rings (SSSR count). The van der Waals surface area contributed by atoms with Gasteiger partial charge in [0.05, 0.1) is 13.2 Å². The van der Waals surface area contributed by atoms with E-state index in [1.807, 2.05) is 18.3 Å². The molecule has 1 aliphatic heterocycles. The van der Waals surface area contributed by atoms with Crippen molar-refractivity contribution in [3.63, 3.8) is 0 Å². The van der Waals surface area contributed by atoms with Gasteiger partial charge in [-0.1, -0.05) is 6.07 Å². The van der Waals surface area contributed by atoms with Gasteiger partial charge < -0.3 is 9.64 Å². The van der Waals surface area contributed by atoms with Crippen LogP contribution in [0, 0.1) is 12.7 Å². The Morgan fingerprint density at radius 2 is 2.19 bits per heavy atom. The molecule has 0 saturated carbocycles. The second kappa shape index (κ2) is 8.40. The number of rotatable bonds is 6. The van der Waals surface area contributed by atoms with Crippen LogP contribution >= 0.6 is 11.3 Å². The zero-order chi connectivity index (χ0) is 19.6. The van der Waals surface area contributed by atoms with Gasteiger partial charge in [0.2, 0.25) is 5.91 Å². The standard InChI is InChI=1S/C21H27FN2O2S/c1-14-7-10-20(27-14)18-6-5-11-24(18)15(2)21(25)23(3)13-16-8-9-19(26-4)17(22)12-16/h7-10,12,15,18H,5-6,11,13H2,1-4H3. The van der Waals surface area contributed by atoms with Gasteiger partial charge in [-0.15, -0.1) is 11.3 Å². The number of hydrogen-bond donors (Lipinski definition) is 0. The van der Waals surface area contributed by atoms with Crippen LogP contribution in [0.25, 0.3) is 0 Å². The van der Waals surface area contributed by atoms with Gasteiger partial charge in [0.25, 0.3) is 0 Å². The number of benzene rings is 1. The van der Waals surface area contributed by atoms with E-state index in [-0.39, 0.29) is 17.7 Å². The number of ether oxygens (including phenoxy) is 1. The summed E-state index contributed by atoms with van der Waals surface area (Å²) in [6.07, 6.45) is 2.19. The average molecular weight is 391 g/mol. The topological polar surface area (TPSA) is 32.8 Å². The first-order valence-electron chi connectivity index (χ1n) is 9.30. The Morgan fingerprint density at radius 1 is 1.41 bits per heavy atom. The number of likely N-dealkylation sites (N-methyl/N-ethyl adjacent to an activating group) is 1. The van der Waals surface area contributed by atoms with Crippen molar-refractivity contribution in [1.82, 2.24) is 9.80 Å². The summed E-state index contributed by atoms with van der Waals surface area (Å²) in [6, 6.07) is 9.27. The van der Waals surface area contributed by atoms with Crippen LogP contribution in [0.1, 0.15) is 41.1 Å². The Balaban J connectivity index is 1.67. The van der Waals surface area contributed by atoms with E-state index >= 15 is 0 Å². The fraction of sp³-hybridized carbons (Fsp3) is 0.476. The van der Waals surface area contributed by atoms with Crippen LogP contribution in [0.15, 0.2) is 30.3 Å². The fourth-order valence-corrected chi connectivity index (χ4v) is 4.84. The van der Waals surface area contributed by atoms with Crippen molar-refractivity contribution < 1.29 is 13.9 Å². The highest BCUT2D eigenvalue weighted by molar-refractivity contribution is 7.12. The third-order valence-electron chi connectivity index (χ3n) is 5.25. The first-order chi connectivity index (χ1) is 12.9. The minimum atomic E-state index is -0.406. The van der Waals surface area contributed by atoms with Crippen LogP contribution in [0.5, 0.6) is 5.75 Å². The first kappa shape index (κ1) is 19.8. The maximum Gasteiger partial charge on any atom is 0.239 e. The minimum Gasteiger partial charge on any atom is -0.494 e. The number of carbonyl (C=O) groups is 1. The maximum atomic E-state index is 13.9. The summed E-state index contributed by atoms with van der Waals surface area (Å²) in [5.74, 6) is -0.129. The van der Waals surface area contributed by atoms with Crippen molar-refractivity contribution in [1.29, 1.82) is 0 Å². The minimum absolute atomic E-state index is 0.0615. The molecule has 0 N–H and O–H groups in total. The lowest BCUT2D eigenvalue weighted by Crippen LogP contribution is -2.45. The van der Waals surface area contributed by atoms with Crippen molar-refractivity contribution in [2.75, 3.05) is 20.7 Å². The fourth-order valence-electron chi connectivity index (χ4n) is 3.81. The molecular formula is C21H27FN2O2S. The molecule has 0 aliphatic carbocycles.